The Hall–Kier alpha value is -2.93. The van der Waals surface area contributed by atoms with Crippen LogP contribution in [0, 0.1) is 6.92 Å². The Bertz CT molecular complexity index is 1180. The zero-order valence-corrected chi connectivity index (χ0v) is 16.4. The van der Waals surface area contributed by atoms with Gasteiger partial charge in [0, 0.05) is 31.1 Å². The Kier molecular flexibility index (Phi) is 4.53. The van der Waals surface area contributed by atoms with Gasteiger partial charge in [-0.3, -0.25) is 4.79 Å². The lowest BCUT2D eigenvalue weighted by atomic mass is 10.2. The van der Waals surface area contributed by atoms with Crippen molar-refractivity contribution < 1.29 is 4.74 Å². The van der Waals surface area contributed by atoms with Gasteiger partial charge in [0.25, 0.3) is 5.56 Å². The molecule has 4 rings (SSSR count). The molecule has 0 amide bonds. The number of benzene rings is 1. The molecule has 3 heterocycles. The topological polar surface area (TPSA) is 72.8 Å². The molecule has 0 aliphatic carbocycles. The first-order chi connectivity index (χ1) is 13.0. The van der Waals surface area contributed by atoms with E-state index in [4.69, 9.17) is 4.74 Å². The summed E-state index contributed by atoms with van der Waals surface area (Å²) in [6, 6.07) is 9.46. The Morgan fingerprint density at radius 2 is 2.11 bits per heavy atom. The van der Waals surface area contributed by atoms with Crippen molar-refractivity contribution in [1.82, 2.24) is 19.5 Å². The van der Waals surface area contributed by atoms with Crippen LogP contribution in [-0.4, -0.2) is 26.6 Å². The molecule has 136 valence electrons. The molecule has 0 bridgehead atoms. The van der Waals surface area contributed by atoms with Crippen molar-refractivity contribution in [2.75, 3.05) is 7.11 Å². The van der Waals surface area contributed by atoms with Crippen molar-refractivity contribution in [1.29, 1.82) is 0 Å². The Labute approximate surface area is 164 Å². The molecule has 0 unspecified atom stereocenters. The Morgan fingerprint density at radius 1 is 1.26 bits per heavy atom. The first kappa shape index (κ1) is 17.5. The summed E-state index contributed by atoms with van der Waals surface area (Å²) in [4.78, 5) is 24.3. The van der Waals surface area contributed by atoms with E-state index in [1.807, 2.05) is 42.1 Å². The van der Waals surface area contributed by atoms with Gasteiger partial charge in [0.2, 0.25) is 0 Å². The van der Waals surface area contributed by atoms with Gasteiger partial charge in [-0.15, -0.1) is 0 Å². The maximum atomic E-state index is 12.4. The van der Waals surface area contributed by atoms with E-state index in [2.05, 4.69) is 30.9 Å². The number of aryl methyl sites for hydroxylation is 1. The highest BCUT2D eigenvalue weighted by molar-refractivity contribution is 9.10. The van der Waals surface area contributed by atoms with Gasteiger partial charge in [-0.25, -0.2) is 9.97 Å². The van der Waals surface area contributed by atoms with Crippen LogP contribution in [0.2, 0.25) is 0 Å². The summed E-state index contributed by atoms with van der Waals surface area (Å²) in [7, 11) is 1.58. The number of hydrogen-bond acceptors (Lipinski definition) is 4. The summed E-state index contributed by atoms with van der Waals surface area (Å²) in [5, 5.41) is 0.517. The number of ether oxygens (including phenoxy) is 1. The number of hydrogen-bond donors (Lipinski definition) is 1. The summed E-state index contributed by atoms with van der Waals surface area (Å²) < 4.78 is 7.99. The SMILES string of the molecule is COc1cc2nc(Cc3ccc(-n4ccc(C)c4)nc3)[nH]c(=O)c2cc1Br. The lowest BCUT2D eigenvalue weighted by Crippen LogP contribution is -2.12. The molecule has 0 aliphatic rings. The average molecular weight is 425 g/mol. The van der Waals surface area contributed by atoms with Crippen molar-refractivity contribution in [2.24, 2.45) is 0 Å². The largest absolute Gasteiger partial charge is 0.495 e. The quantitative estimate of drug-likeness (QED) is 0.540. The first-order valence-electron chi connectivity index (χ1n) is 8.40. The molecule has 27 heavy (non-hydrogen) atoms. The van der Waals surface area contributed by atoms with E-state index in [1.54, 1.807) is 25.4 Å². The van der Waals surface area contributed by atoms with E-state index < -0.39 is 0 Å². The van der Waals surface area contributed by atoms with Gasteiger partial charge in [0.15, 0.2) is 0 Å². The van der Waals surface area contributed by atoms with Crippen molar-refractivity contribution in [3.05, 3.63) is 80.7 Å². The Morgan fingerprint density at radius 3 is 2.78 bits per heavy atom. The van der Waals surface area contributed by atoms with Crippen LogP contribution in [0.1, 0.15) is 17.0 Å². The molecule has 7 heteroatoms. The Balaban J connectivity index is 1.65. The molecule has 0 atom stereocenters. The average Bonchev–Trinajstić information content (AvgIpc) is 3.09. The van der Waals surface area contributed by atoms with Gasteiger partial charge in [0.1, 0.15) is 17.4 Å². The van der Waals surface area contributed by atoms with Gasteiger partial charge >= 0.3 is 0 Å². The van der Waals surface area contributed by atoms with Crippen LogP contribution >= 0.6 is 15.9 Å². The highest BCUT2D eigenvalue weighted by Gasteiger charge is 2.10. The molecule has 3 aromatic heterocycles. The lowest BCUT2D eigenvalue weighted by Gasteiger charge is -2.07. The first-order valence-corrected chi connectivity index (χ1v) is 9.19. The number of aromatic amines is 1. The molecule has 1 aromatic carbocycles. The number of rotatable bonds is 4. The van der Waals surface area contributed by atoms with Gasteiger partial charge in [-0.2, -0.15) is 0 Å². The predicted octanol–water partition coefficient (Wildman–Crippen LogP) is 3.78. The predicted molar refractivity (Wildman–Crippen MR) is 108 cm³/mol. The molecule has 4 aromatic rings. The van der Waals surface area contributed by atoms with Crippen LogP contribution in [0.15, 0.2) is 58.2 Å². The minimum atomic E-state index is -0.175. The molecule has 0 fully saturated rings. The van der Waals surface area contributed by atoms with Crippen LogP contribution in [0.25, 0.3) is 16.7 Å². The fourth-order valence-electron chi connectivity index (χ4n) is 2.94. The van der Waals surface area contributed by atoms with Crippen LogP contribution in [0.4, 0.5) is 0 Å². The fraction of sp³-hybridized carbons (Fsp3) is 0.150. The number of pyridine rings is 1. The van der Waals surface area contributed by atoms with E-state index in [0.29, 0.717) is 28.9 Å². The molecule has 0 radical (unpaired) electrons. The van der Waals surface area contributed by atoms with Gasteiger partial charge < -0.3 is 14.3 Å². The van der Waals surface area contributed by atoms with Crippen molar-refractivity contribution in [2.45, 2.75) is 13.3 Å². The van der Waals surface area contributed by atoms with Crippen LogP contribution in [0.5, 0.6) is 5.75 Å². The fourth-order valence-corrected chi connectivity index (χ4v) is 3.45. The molecule has 0 saturated carbocycles. The summed E-state index contributed by atoms with van der Waals surface area (Å²) in [5.41, 5.74) is 2.57. The minimum Gasteiger partial charge on any atom is -0.495 e. The summed E-state index contributed by atoms with van der Waals surface area (Å²) in [5.74, 6) is 2.07. The zero-order valence-electron chi connectivity index (χ0n) is 14.9. The summed E-state index contributed by atoms with van der Waals surface area (Å²) >= 11 is 3.40. The maximum absolute atomic E-state index is 12.4. The highest BCUT2D eigenvalue weighted by atomic mass is 79.9. The number of halogens is 1. The normalized spacial score (nSPS) is 11.1. The van der Waals surface area contributed by atoms with E-state index in [0.717, 1.165) is 15.9 Å². The van der Waals surface area contributed by atoms with Crippen LogP contribution in [-0.2, 0) is 6.42 Å². The van der Waals surface area contributed by atoms with Crippen molar-refractivity contribution in [3.8, 4) is 11.6 Å². The molecule has 0 spiro atoms. The molecule has 1 N–H and O–H groups in total. The second-order valence-corrected chi connectivity index (χ2v) is 7.17. The minimum absolute atomic E-state index is 0.175. The summed E-state index contributed by atoms with van der Waals surface area (Å²) in [6.45, 7) is 2.04. The molecule has 6 nitrogen and oxygen atoms in total. The number of fused-ring (bicyclic) bond motifs is 1. The number of H-pyrrole nitrogens is 1. The van der Waals surface area contributed by atoms with Crippen LogP contribution < -0.4 is 10.3 Å². The smallest absolute Gasteiger partial charge is 0.258 e. The van der Waals surface area contributed by atoms with Crippen LogP contribution in [0.3, 0.4) is 0 Å². The molecule has 0 saturated heterocycles. The number of aromatic nitrogens is 4. The van der Waals surface area contributed by atoms with E-state index in [-0.39, 0.29) is 5.56 Å². The third-order valence-corrected chi connectivity index (χ3v) is 4.93. The second kappa shape index (κ2) is 7.00. The maximum Gasteiger partial charge on any atom is 0.258 e. The van der Waals surface area contributed by atoms with Crippen molar-refractivity contribution >= 4 is 26.8 Å². The third-order valence-electron chi connectivity index (χ3n) is 4.31. The van der Waals surface area contributed by atoms with Crippen molar-refractivity contribution in [3.63, 3.8) is 0 Å². The van der Waals surface area contributed by atoms with E-state index in [9.17, 15) is 4.79 Å². The second-order valence-electron chi connectivity index (χ2n) is 6.31. The monoisotopic (exact) mass is 424 g/mol. The summed E-state index contributed by atoms with van der Waals surface area (Å²) in [6.07, 6.45) is 6.29. The standard InChI is InChI=1S/C20H17BrN4O2/c1-12-5-6-25(11-12)19-4-3-13(10-22-19)7-18-23-16-9-17(27-2)15(21)8-14(16)20(26)24-18/h3-6,8-11H,7H2,1-2H3,(H,23,24,26). The van der Waals surface area contributed by atoms with E-state index in [1.165, 1.54) is 5.56 Å². The number of methoxy groups -OCH3 is 1. The highest BCUT2D eigenvalue weighted by Crippen LogP contribution is 2.28. The number of nitrogens with one attached hydrogen (secondary N) is 1. The lowest BCUT2D eigenvalue weighted by molar-refractivity contribution is 0.412. The van der Waals surface area contributed by atoms with E-state index >= 15 is 0 Å². The van der Waals surface area contributed by atoms with Gasteiger partial charge in [-0.1, -0.05) is 6.07 Å². The van der Waals surface area contributed by atoms with Gasteiger partial charge in [0.05, 0.1) is 22.5 Å². The van der Waals surface area contributed by atoms with Gasteiger partial charge in [-0.05, 0) is 52.2 Å². The molecular weight excluding hydrogens is 408 g/mol. The zero-order chi connectivity index (χ0) is 19.0. The number of nitrogens with zero attached hydrogens (tertiary/aromatic N) is 3. The molecular formula is C20H17BrN4O2. The molecule has 0 aliphatic heterocycles. The third kappa shape index (κ3) is 3.50.